The van der Waals surface area contributed by atoms with E-state index in [0.717, 1.165) is 52.0 Å². The third kappa shape index (κ3) is 3.45. The molecular formula is C17H31N3O2. The van der Waals surface area contributed by atoms with Crippen LogP contribution in [0.3, 0.4) is 0 Å². The molecule has 0 aromatic rings. The van der Waals surface area contributed by atoms with Crippen molar-refractivity contribution in [1.29, 1.82) is 0 Å². The highest BCUT2D eigenvalue weighted by molar-refractivity contribution is 6.04. The Labute approximate surface area is 134 Å². The molecule has 5 nitrogen and oxygen atoms in total. The molecule has 0 saturated carbocycles. The summed E-state index contributed by atoms with van der Waals surface area (Å²) in [7, 11) is 2.07. The minimum atomic E-state index is -0.944. The highest BCUT2D eigenvalue weighted by atomic mass is 16.2. The van der Waals surface area contributed by atoms with Gasteiger partial charge in [-0.05, 0) is 46.6 Å². The van der Waals surface area contributed by atoms with Gasteiger partial charge in [-0.2, -0.15) is 0 Å². The van der Waals surface area contributed by atoms with Crippen molar-refractivity contribution >= 4 is 11.8 Å². The van der Waals surface area contributed by atoms with Crippen molar-refractivity contribution < 1.29 is 9.59 Å². The molecule has 0 bridgehead atoms. The van der Waals surface area contributed by atoms with E-state index in [0.29, 0.717) is 6.04 Å². The van der Waals surface area contributed by atoms with Crippen LogP contribution in [0.15, 0.2) is 0 Å². The lowest BCUT2D eigenvalue weighted by Gasteiger charge is -2.42. The van der Waals surface area contributed by atoms with Crippen LogP contribution in [-0.2, 0) is 9.59 Å². The molecular weight excluding hydrogens is 278 g/mol. The van der Waals surface area contributed by atoms with E-state index in [1.54, 1.807) is 13.8 Å². The van der Waals surface area contributed by atoms with Gasteiger partial charge in [0, 0.05) is 38.8 Å². The first kappa shape index (κ1) is 17.3. The van der Waals surface area contributed by atoms with Crippen molar-refractivity contribution in [2.45, 2.75) is 52.5 Å². The van der Waals surface area contributed by atoms with Crippen molar-refractivity contribution in [2.75, 3.05) is 39.8 Å². The molecule has 2 aliphatic heterocycles. The molecule has 126 valence electrons. The van der Waals surface area contributed by atoms with Crippen LogP contribution < -0.4 is 0 Å². The van der Waals surface area contributed by atoms with E-state index in [4.69, 9.17) is 0 Å². The van der Waals surface area contributed by atoms with Crippen molar-refractivity contribution in [1.82, 2.24) is 14.7 Å². The van der Waals surface area contributed by atoms with E-state index in [9.17, 15) is 9.59 Å². The van der Waals surface area contributed by atoms with E-state index >= 15 is 0 Å². The normalized spacial score (nSPS) is 24.5. The third-order valence-corrected chi connectivity index (χ3v) is 5.22. The molecule has 2 rings (SSSR count). The average molecular weight is 309 g/mol. The number of piperazine rings is 1. The number of likely N-dealkylation sites (tertiary alicyclic amines) is 1. The highest BCUT2D eigenvalue weighted by Gasteiger charge is 2.43. The van der Waals surface area contributed by atoms with Crippen LogP contribution in [0.2, 0.25) is 0 Å². The van der Waals surface area contributed by atoms with Gasteiger partial charge >= 0.3 is 0 Å². The molecule has 2 aliphatic rings. The number of carbonyl (C=O) groups excluding carboxylic acids is 2. The van der Waals surface area contributed by atoms with Crippen LogP contribution in [0.1, 0.15) is 46.5 Å². The Kier molecular flexibility index (Phi) is 5.48. The van der Waals surface area contributed by atoms with Crippen molar-refractivity contribution in [2.24, 2.45) is 5.41 Å². The van der Waals surface area contributed by atoms with Gasteiger partial charge in [0.15, 0.2) is 0 Å². The Morgan fingerprint density at radius 1 is 1.00 bits per heavy atom. The van der Waals surface area contributed by atoms with Gasteiger partial charge < -0.3 is 14.7 Å². The molecule has 0 aromatic carbocycles. The highest BCUT2D eigenvalue weighted by Crippen LogP contribution is 2.28. The fourth-order valence-electron chi connectivity index (χ4n) is 3.55. The van der Waals surface area contributed by atoms with Crippen LogP contribution in [0.5, 0.6) is 0 Å². The van der Waals surface area contributed by atoms with Crippen LogP contribution in [0, 0.1) is 5.41 Å². The molecule has 2 fully saturated rings. The molecule has 1 unspecified atom stereocenters. The van der Waals surface area contributed by atoms with Gasteiger partial charge in [0.05, 0.1) is 0 Å². The van der Waals surface area contributed by atoms with E-state index < -0.39 is 5.41 Å². The summed E-state index contributed by atoms with van der Waals surface area (Å²) >= 11 is 0. The smallest absolute Gasteiger partial charge is 0.237 e. The lowest BCUT2D eigenvalue weighted by Crippen LogP contribution is -2.57. The van der Waals surface area contributed by atoms with E-state index in [2.05, 4.69) is 18.9 Å². The van der Waals surface area contributed by atoms with Gasteiger partial charge in [-0.15, -0.1) is 0 Å². The second kappa shape index (κ2) is 6.99. The Morgan fingerprint density at radius 3 is 2.23 bits per heavy atom. The number of hydrogen-bond donors (Lipinski definition) is 0. The minimum Gasteiger partial charge on any atom is -0.339 e. The van der Waals surface area contributed by atoms with Crippen molar-refractivity contribution in [3.8, 4) is 0 Å². The molecule has 0 aromatic heterocycles. The Balaban J connectivity index is 2.07. The summed E-state index contributed by atoms with van der Waals surface area (Å²) < 4.78 is 0. The lowest BCUT2D eigenvalue weighted by molar-refractivity contribution is -0.157. The van der Waals surface area contributed by atoms with E-state index in [1.165, 1.54) is 6.42 Å². The van der Waals surface area contributed by atoms with Gasteiger partial charge in [-0.1, -0.05) is 6.92 Å². The predicted octanol–water partition coefficient (Wildman–Crippen LogP) is 1.58. The molecule has 0 spiro atoms. The van der Waals surface area contributed by atoms with Gasteiger partial charge in [0.25, 0.3) is 0 Å². The number of piperidine rings is 1. The summed E-state index contributed by atoms with van der Waals surface area (Å²) in [4.78, 5) is 31.9. The summed E-state index contributed by atoms with van der Waals surface area (Å²) in [6.45, 7) is 9.76. The number of likely N-dealkylation sites (N-methyl/N-ethyl adjacent to an activating group) is 1. The summed E-state index contributed by atoms with van der Waals surface area (Å²) in [5.74, 6) is 0.00834. The minimum absolute atomic E-state index is 0.00831. The van der Waals surface area contributed by atoms with Gasteiger partial charge in [-0.25, -0.2) is 0 Å². The quantitative estimate of drug-likeness (QED) is 0.744. The van der Waals surface area contributed by atoms with E-state index in [1.807, 2.05) is 9.80 Å². The maximum absolute atomic E-state index is 13.0. The fraction of sp³-hybridized carbons (Fsp3) is 0.882. The van der Waals surface area contributed by atoms with Crippen LogP contribution >= 0.6 is 0 Å². The Hall–Kier alpha value is -1.10. The maximum Gasteiger partial charge on any atom is 0.237 e. The molecule has 2 heterocycles. The zero-order valence-corrected chi connectivity index (χ0v) is 14.6. The lowest BCUT2D eigenvalue weighted by atomic mass is 9.87. The first-order valence-corrected chi connectivity index (χ1v) is 8.67. The summed E-state index contributed by atoms with van der Waals surface area (Å²) in [6.07, 6.45) is 4.29. The Bertz CT molecular complexity index is 414. The van der Waals surface area contributed by atoms with E-state index in [-0.39, 0.29) is 11.8 Å². The summed E-state index contributed by atoms with van der Waals surface area (Å²) in [6, 6.07) is 0.306. The maximum atomic E-state index is 13.0. The molecule has 5 heteroatoms. The number of rotatable bonds is 3. The number of hydrogen-bond acceptors (Lipinski definition) is 3. The first-order valence-electron chi connectivity index (χ1n) is 8.67. The van der Waals surface area contributed by atoms with Crippen molar-refractivity contribution in [3.63, 3.8) is 0 Å². The third-order valence-electron chi connectivity index (χ3n) is 5.22. The molecule has 0 N–H and O–H groups in total. The molecule has 2 amide bonds. The molecule has 2 saturated heterocycles. The predicted molar refractivity (Wildman–Crippen MR) is 87.5 cm³/mol. The monoisotopic (exact) mass is 309 g/mol. The standard InChI is InChI=1S/C17H31N3O2/c1-5-14-8-6-7-9-20(14)16(22)17(2,3)15(21)19-12-10-18(4)11-13-19/h14H,5-13H2,1-4H3. The molecule has 0 radical (unpaired) electrons. The molecule has 1 atom stereocenters. The number of amides is 2. The summed E-state index contributed by atoms with van der Waals surface area (Å²) in [5, 5.41) is 0. The SMILES string of the molecule is CCC1CCCCN1C(=O)C(C)(C)C(=O)N1CCN(C)CC1. The van der Waals surface area contributed by atoms with Gasteiger partial charge in [0.2, 0.25) is 11.8 Å². The average Bonchev–Trinajstić information content (AvgIpc) is 2.54. The topological polar surface area (TPSA) is 43.9 Å². The molecule has 22 heavy (non-hydrogen) atoms. The first-order chi connectivity index (χ1) is 10.4. The van der Waals surface area contributed by atoms with Crippen LogP contribution in [0.4, 0.5) is 0 Å². The second-order valence-corrected chi connectivity index (χ2v) is 7.28. The van der Waals surface area contributed by atoms with Crippen LogP contribution in [-0.4, -0.2) is 72.3 Å². The van der Waals surface area contributed by atoms with Gasteiger partial charge in [-0.3, -0.25) is 9.59 Å². The second-order valence-electron chi connectivity index (χ2n) is 7.28. The zero-order chi connectivity index (χ0) is 16.3. The fourth-order valence-corrected chi connectivity index (χ4v) is 3.55. The van der Waals surface area contributed by atoms with Crippen molar-refractivity contribution in [3.05, 3.63) is 0 Å². The molecule has 0 aliphatic carbocycles. The van der Waals surface area contributed by atoms with Crippen LogP contribution in [0.25, 0.3) is 0 Å². The zero-order valence-electron chi connectivity index (χ0n) is 14.6. The van der Waals surface area contributed by atoms with Gasteiger partial charge in [0.1, 0.15) is 5.41 Å². The number of nitrogens with zero attached hydrogens (tertiary/aromatic N) is 3. The largest absolute Gasteiger partial charge is 0.339 e. The number of carbonyl (C=O) groups is 2. The Morgan fingerprint density at radius 2 is 1.64 bits per heavy atom. The summed E-state index contributed by atoms with van der Waals surface area (Å²) in [5.41, 5.74) is -0.944.